The van der Waals surface area contributed by atoms with E-state index < -0.39 is 54.0 Å². The molecule has 212 valence electrons. The van der Waals surface area contributed by atoms with Crippen molar-refractivity contribution in [1.82, 2.24) is 0 Å². The lowest BCUT2D eigenvalue weighted by Gasteiger charge is -2.29. The Labute approximate surface area is 215 Å². The maximum absolute atomic E-state index is 14.6. The molecule has 0 spiro atoms. The van der Waals surface area contributed by atoms with E-state index in [9.17, 15) is 39.5 Å². The number of ether oxygens (including phenoxy) is 2. The van der Waals surface area contributed by atoms with Crippen LogP contribution in [0, 0.1) is 23.4 Å². The summed E-state index contributed by atoms with van der Waals surface area (Å²) >= 11 is 0. The van der Waals surface area contributed by atoms with Crippen molar-refractivity contribution >= 4 is 0 Å². The van der Waals surface area contributed by atoms with E-state index in [0.29, 0.717) is 5.92 Å². The fourth-order valence-corrected chi connectivity index (χ4v) is 4.78. The number of benzene rings is 2. The maximum Gasteiger partial charge on any atom is 0.573 e. The van der Waals surface area contributed by atoms with Crippen LogP contribution in [0.5, 0.6) is 5.75 Å². The maximum atomic E-state index is 14.6. The third kappa shape index (κ3) is 8.04. The van der Waals surface area contributed by atoms with Gasteiger partial charge in [0.1, 0.15) is 5.82 Å². The molecule has 1 aliphatic rings. The molecule has 0 heterocycles. The van der Waals surface area contributed by atoms with Crippen molar-refractivity contribution in [3.63, 3.8) is 0 Å². The van der Waals surface area contributed by atoms with E-state index in [0.717, 1.165) is 37.7 Å². The second-order valence-corrected chi connectivity index (χ2v) is 9.64. The first-order valence-electron chi connectivity index (χ1n) is 12.5. The highest BCUT2D eigenvalue weighted by Crippen LogP contribution is 2.41. The van der Waals surface area contributed by atoms with E-state index in [1.807, 2.05) is 0 Å². The SMILES string of the molecule is CCCCCC1CCC(c2ccc(COC(F)(F)C(F)c3cc(F)c(OC(F)(F)F)c(F)c3)c(F)c2)CC1. The van der Waals surface area contributed by atoms with Gasteiger partial charge < -0.3 is 9.47 Å². The quantitative estimate of drug-likeness (QED) is 0.203. The van der Waals surface area contributed by atoms with Gasteiger partial charge in [-0.25, -0.2) is 17.6 Å². The van der Waals surface area contributed by atoms with Crippen LogP contribution in [0.25, 0.3) is 0 Å². The molecule has 1 saturated carbocycles. The Bertz CT molecular complexity index is 1040. The third-order valence-corrected chi connectivity index (χ3v) is 6.86. The minimum atomic E-state index is -5.46. The summed E-state index contributed by atoms with van der Waals surface area (Å²) in [5.41, 5.74) is -0.860. The lowest BCUT2D eigenvalue weighted by molar-refractivity contribution is -0.283. The Hall–Kier alpha value is -2.43. The second-order valence-electron chi connectivity index (χ2n) is 9.64. The Balaban J connectivity index is 1.60. The highest BCUT2D eigenvalue weighted by Gasteiger charge is 2.44. The zero-order valence-corrected chi connectivity index (χ0v) is 20.7. The minimum Gasteiger partial charge on any atom is -0.399 e. The van der Waals surface area contributed by atoms with Gasteiger partial charge in [0.2, 0.25) is 11.9 Å². The lowest BCUT2D eigenvalue weighted by atomic mass is 9.77. The molecule has 11 heteroatoms. The zero-order chi connectivity index (χ0) is 28.1. The van der Waals surface area contributed by atoms with Gasteiger partial charge in [-0.1, -0.05) is 44.7 Å². The Morgan fingerprint density at radius 2 is 1.50 bits per heavy atom. The van der Waals surface area contributed by atoms with Crippen LogP contribution in [0.3, 0.4) is 0 Å². The normalized spacial score (nSPS) is 19.4. The van der Waals surface area contributed by atoms with Crippen LogP contribution in [0.1, 0.15) is 87.1 Å². The third-order valence-electron chi connectivity index (χ3n) is 6.86. The number of unbranched alkanes of at least 4 members (excludes halogenated alkanes) is 2. The summed E-state index contributed by atoms with van der Waals surface area (Å²) in [6, 6.07) is 4.01. The number of hydrogen-bond donors (Lipinski definition) is 0. The molecule has 2 aromatic carbocycles. The highest BCUT2D eigenvalue weighted by atomic mass is 19.4. The van der Waals surface area contributed by atoms with Crippen LogP contribution in [0.2, 0.25) is 0 Å². The number of hydrogen-bond acceptors (Lipinski definition) is 2. The van der Waals surface area contributed by atoms with Crippen molar-refractivity contribution in [3.05, 3.63) is 64.5 Å². The van der Waals surface area contributed by atoms with Crippen LogP contribution >= 0.6 is 0 Å². The molecule has 0 aromatic heterocycles. The van der Waals surface area contributed by atoms with E-state index in [2.05, 4.69) is 16.4 Å². The Morgan fingerprint density at radius 3 is 2.05 bits per heavy atom. The Morgan fingerprint density at radius 1 is 0.868 bits per heavy atom. The summed E-state index contributed by atoms with van der Waals surface area (Å²) < 4.78 is 129. The number of rotatable bonds is 11. The lowest BCUT2D eigenvalue weighted by Crippen LogP contribution is -2.28. The topological polar surface area (TPSA) is 18.5 Å². The second kappa shape index (κ2) is 12.6. The molecule has 0 bridgehead atoms. The predicted molar refractivity (Wildman–Crippen MR) is 122 cm³/mol. The molecule has 38 heavy (non-hydrogen) atoms. The minimum absolute atomic E-state index is 0.0556. The van der Waals surface area contributed by atoms with E-state index in [1.165, 1.54) is 31.4 Å². The molecular weight excluding hydrogens is 527 g/mol. The van der Waals surface area contributed by atoms with Crippen molar-refractivity contribution in [2.45, 2.75) is 89.5 Å². The van der Waals surface area contributed by atoms with Crippen LogP contribution in [0.4, 0.5) is 39.5 Å². The molecule has 2 aromatic rings. The summed E-state index contributed by atoms with van der Waals surface area (Å²) in [7, 11) is 0. The molecule has 2 nitrogen and oxygen atoms in total. The van der Waals surface area contributed by atoms with Crippen molar-refractivity contribution in [2.24, 2.45) is 5.92 Å². The number of alkyl halides is 6. The van der Waals surface area contributed by atoms with E-state index >= 15 is 0 Å². The predicted octanol–water partition coefficient (Wildman–Crippen LogP) is 9.68. The first-order valence-corrected chi connectivity index (χ1v) is 12.5. The van der Waals surface area contributed by atoms with Gasteiger partial charge in [-0.05, 0) is 61.3 Å². The van der Waals surface area contributed by atoms with E-state index in [-0.39, 0.29) is 23.6 Å². The molecule has 3 rings (SSSR count). The standard InChI is InChI=1S/C27H29F9O2/c1-2-3-4-5-16-6-8-17(9-7-16)18-10-11-19(21(28)12-18)15-37-26(32,33)25(31)20-13-22(29)24(23(30)14-20)38-27(34,35)36/h10-14,16-17,25H,2-9,15H2,1H3. The first-order chi connectivity index (χ1) is 17.8. The van der Waals surface area contributed by atoms with Crippen molar-refractivity contribution < 1.29 is 49.0 Å². The van der Waals surface area contributed by atoms with Gasteiger partial charge in [-0.15, -0.1) is 13.2 Å². The summed E-state index contributed by atoms with van der Waals surface area (Å²) in [6.07, 6.45) is -4.99. The van der Waals surface area contributed by atoms with E-state index in [4.69, 9.17) is 0 Å². The average molecular weight is 557 g/mol. The van der Waals surface area contributed by atoms with Crippen molar-refractivity contribution in [1.29, 1.82) is 0 Å². The first kappa shape index (κ1) is 30.1. The fraction of sp³-hybridized carbons (Fsp3) is 0.556. The van der Waals surface area contributed by atoms with Crippen LogP contribution in [0.15, 0.2) is 30.3 Å². The van der Waals surface area contributed by atoms with Gasteiger partial charge in [0, 0.05) is 11.1 Å². The summed E-state index contributed by atoms with van der Waals surface area (Å²) in [6.45, 7) is 1.10. The van der Waals surface area contributed by atoms with Gasteiger partial charge >= 0.3 is 12.5 Å². The van der Waals surface area contributed by atoms with Gasteiger partial charge in [0.15, 0.2) is 11.6 Å². The summed E-state index contributed by atoms with van der Waals surface area (Å²) in [5, 5.41) is 0. The molecule has 0 N–H and O–H groups in total. The largest absolute Gasteiger partial charge is 0.573 e. The molecule has 0 radical (unpaired) electrons. The van der Waals surface area contributed by atoms with Crippen LogP contribution in [-0.4, -0.2) is 12.5 Å². The Kier molecular flexibility index (Phi) is 10.00. The smallest absolute Gasteiger partial charge is 0.399 e. The van der Waals surface area contributed by atoms with Crippen LogP contribution < -0.4 is 4.74 Å². The zero-order valence-electron chi connectivity index (χ0n) is 20.7. The molecule has 0 amide bonds. The summed E-state index contributed by atoms with van der Waals surface area (Å²) in [5.74, 6) is -6.00. The molecule has 0 saturated heterocycles. The van der Waals surface area contributed by atoms with Crippen LogP contribution in [-0.2, 0) is 11.3 Å². The molecule has 1 atom stereocenters. The number of halogens is 9. The molecule has 0 aliphatic heterocycles. The monoisotopic (exact) mass is 556 g/mol. The van der Waals surface area contributed by atoms with Crippen molar-refractivity contribution in [2.75, 3.05) is 0 Å². The van der Waals surface area contributed by atoms with Crippen molar-refractivity contribution in [3.8, 4) is 5.75 Å². The van der Waals surface area contributed by atoms with Gasteiger partial charge in [0.05, 0.1) is 6.61 Å². The van der Waals surface area contributed by atoms with Gasteiger partial charge in [-0.3, -0.25) is 0 Å². The molecule has 1 unspecified atom stereocenters. The summed E-state index contributed by atoms with van der Waals surface area (Å²) in [4.78, 5) is 0. The van der Waals surface area contributed by atoms with E-state index in [1.54, 1.807) is 6.07 Å². The van der Waals surface area contributed by atoms with Gasteiger partial charge in [-0.2, -0.15) is 8.78 Å². The highest BCUT2D eigenvalue weighted by molar-refractivity contribution is 5.33. The molecule has 1 fully saturated rings. The fourth-order valence-electron chi connectivity index (χ4n) is 4.78. The average Bonchev–Trinajstić information content (AvgIpc) is 2.85. The van der Waals surface area contributed by atoms with Gasteiger partial charge in [0.25, 0.3) is 0 Å². The molecule has 1 aliphatic carbocycles. The molecular formula is C27H29F9O2.